The Morgan fingerprint density at radius 2 is 1.89 bits per heavy atom. The van der Waals surface area contributed by atoms with Crippen molar-refractivity contribution in [2.24, 2.45) is 5.92 Å². The van der Waals surface area contributed by atoms with Gasteiger partial charge in [-0.05, 0) is 17.5 Å². The molecule has 1 aliphatic rings. The second-order valence-corrected chi connectivity index (χ2v) is 4.68. The highest BCUT2D eigenvalue weighted by Gasteiger charge is 2.36. The summed E-state index contributed by atoms with van der Waals surface area (Å²) in [6, 6.07) is 7.28. The average molecular weight is 257 g/mol. The Balaban J connectivity index is 2.29. The van der Waals surface area contributed by atoms with Crippen LogP contribution in [-0.2, 0) is 17.8 Å². The maximum absolute atomic E-state index is 12.5. The summed E-state index contributed by atoms with van der Waals surface area (Å²) in [5, 5.41) is 0. The summed E-state index contributed by atoms with van der Waals surface area (Å²) in [7, 11) is 0. The highest BCUT2D eigenvalue weighted by Crippen LogP contribution is 2.26. The smallest absolute Gasteiger partial charge is 0.329 e. The van der Waals surface area contributed by atoms with Crippen molar-refractivity contribution in [2.45, 2.75) is 26.1 Å². The van der Waals surface area contributed by atoms with Gasteiger partial charge in [-0.1, -0.05) is 31.2 Å². The molecule has 1 aromatic rings. The third kappa shape index (κ3) is 2.83. The van der Waals surface area contributed by atoms with Gasteiger partial charge in [0.2, 0.25) is 5.91 Å². The van der Waals surface area contributed by atoms with Crippen LogP contribution in [0.1, 0.15) is 18.1 Å². The molecule has 0 radical (unpaired) electrons. The average Bonchev–Trinajstić information content (AvgIpc) is 2.37. The number of alkyl halides is 3. The van der Waals surface area contributed by atoms with Crippen LogP contribution in [0.2, 0.25) is 0 Å². The molecule has 0 spiro atoms. The van der Waals surface area contributed by atoms with E-state index in [4.69, 9.17) is 0 Å². The number of hydrogen-bond donors (Lipinski definition) is 0. The molecule has 0 N–H and O–H groups in total. The second-order valence-electron chi connectivity index (χ2n) is 4.68. The van der Waals surface area contributed by atoms with Crippen molar-refractivity contribution in [3.8, 4) is 0 Å². The summed E-state index contributed by atoms with van der Waals surface area (Å²) in [5.74, 6) is -0.834. The summed E-state index contributed by atoms with van der Waals surface area (Å²) in [5.41, 5.74) is 1.77. The summed E-state index contributed by atoms with van der Waals surface area (Å²) >= 11 is 0. The Morgan fingerprint density at radius 3 is 2.50 bits per heavy atom. The Morgan fingerprint density at radius 1 is 1.28 bits per heavy atom. The molecule has 1 unspecified atom stereocenters. The number of carbonyl (C=O) groups excluding carboxylic acids is 1. The zero-order valence-electron chi connectivity index (χ0n) is 10.00. The van der Waals surface area contributed by atoms with Gasteiger partial charge in [0.25, 0.3) is 0 Å². The maximum atomic E-state index is 12.5. The van der Waals surface area contributed by atoms with Crippen molar-refractivity contribution in [1.82, 2.24) is 4.90 Å². The minimum atomic E-state index is -4.35. The van der Waals surface area contributed by atoms with Gasteiger partial charge in [0.1, 0.15) is 6.54 Å². The highest BCUT2D eigenvalue weighted by atomic mass is 19.4. The van der Waals surface area contributed by atoms with E-state index in [1.165, 1.54) is 0 Å². The minimum absolute atomic E-state index is 0.0405. The second kappa shape index (κ2) is 4.63. The van der Waals surface area contributed by atoms with Crippen LogP contribution in [0.15, 0.2) is 24.3 Å². The van der Waals surface area contributed by atoms with E-state index in [0.717, 1.165) is 16.0 Å². The van der Waals surface area contributed by atoms with Crippen LogP contribution in [0.25, 0.3) is 0 Å². The van der Waals surface area contributed by atoms with Crippen LogP contribution < -0.4 is 0 Å². The molecule has 2 nitrogen and oxygen atoms in total. The van der Waals surface area contributed by atoms with Crippen LogP contribution in [-0.4, -0.2) is 23.5 Å². The lowest BCUT2D eigenvalue weighted by Crippen LogP contribution is -2.40. The van der Waals surface area contributed by atoms with E-state index in [0.29, 0.717) is 6.42 Å². The van der Waals surface area contributed by atoms with E-state index in [-0.39, 0.29) is 6.54 Å². The molecule has 5 heteroatoms. The van der Waals surface area contributed by atoms with E-state index in [1.54, 1.807) is 19.1 Å². The molecule has 0 aromatic heterocycles. The fraction of sp³-hybridized carbons (Fsp3) is 0.462. The largest absolute Gasteiger partial charge is 0.406 e. The van der Waals surface area contributed by atoms with Crippen molar-refractivity contribution in [1.29, 1.82) is 0 Å². The molecule has 1 amide bonds. The molecular weight excluding hydrogens is 243 g/mol. The topological polar surface area (TPSA) is 20.3 Å². The lowest BCUT2D eigenvalue weighted by Gasteiger charge is -2.24. The Hall–Kier alpha value is -1.52. The first-order valence-corrected chi connectivity index (χ1v) is 5.79. The predicted molar refractivity (Wildman–Crippen MR) is 60.8 cm³/mol. The van der Waals surface area contributed by atoms with E-state index < -0.39 is 24.5 Å². The molecule has 18 heavy (non-hydrogen) atoms. The zero-order chi connectivity index (χ0) is 13.3. The third-order valence-electron chi connectivity index (χ3n) is 3.11. The summed E-state index contributed by atoms with van der Waals surface area (Å²) in [6.45, 7) is 0.539. The molecular formula is C13H14F3NO. The first-order chi connectivity index (χ1) is 8.37. The number of amides is 1. The van der Waals surface area contributed by atoms with Gasteiger partial charge in [-0.3, -0.25) is 4.79 Å². The van der Waals surface area contributed by atoms with Crippen molar-refractivity contribution < 1.29 is 18.0 Å². The molecule has 0 bridgehead atoms. The van der Waals surface area contributed by atoms with E-state index >= 15 is 0 Å². The SMILES string of the molecule is CC1Cc2ccccc2CN(CC(F)(F)F)C1=O. The van der Waals surface area contributed by atoms with Crippen LogP contribution in [0, 0.1) is 5.92 Å². The normalized spacial score (nSPS) is 20.6. The van der Waals surface area contributed by atoms with Gasteiger partial charge in [0.05, 0.1) is 0 Å². The van der Waals surface area contributed by atoms with Gasteiger partial charge in [-0.2, -0.15) is 13.2 Å². The lowest BCUT2D eigenvalue weighted by atomic mass is 9.98. The van der Waals surface area contributed by atoms with Crippen molar-refractivity contribution in [2.75, 3.05) is 6.54 Å². The van der Waals surface area contributed by atoms with Gasteiger partial charge in [-0.25, -0.2) is 0 Å². The molecule has 0 saturated carbocycles. The first kappa shape index (κ1) is 12.9. The Labute approximate surface area is 103 Å². The number of fused-ring (bicyclic) bond motifs is 1. The molecule has 0 saturated heterocycles. The van der Waals surface area contributed by atoms with Gasteiger partial charge >= 0.3 is 6.18 Å². The van der Waals surface area contributed by atoms with Gasteiger partial charge in [0.15, 0.2) is 0 Å². The standard InChI is InChI=1S/C13H14F3NO/c1-9-6-10-4-2-3-5-11(10)7-17(12(9)18)8-13(14,15)16/h2-5,9H,6-8H2,1H3. The van der Waals surface area contributed by atoms with E-state index in [2.05, 4.69) is 0 Å². The van der Waals surface area contributed by atoms with Crippen molar-refractivity contribution in [3.05, 3.63) is 35.4 Å². The van der Waals surface area contributed by atoms with Crippen LogP contribution in [0.3, 0.4) is 0 Å². The monoisotopic (exact) mass is 257 g/mol. The number of carbonyl (C=O) groups is 1. The number of halogens is 3. The zero-order valence-corrected chi connectivity index (χ0v) is 10.00. The molecule has 1 atom stereocenters. The molecule has 2 rings (SSSR count). The minimum Gasteiger partial charge on any atom is -0.329 e. The molecule has 0 fully saturated rings. The lowest BCUT2D eigenvalue weighted by molar-refractivity contribution is -0.164. The predicted octanol–water partition coefficient (Wildman–Crippen LogP) is 2.77. The quantitative estimate of drug-likeness (QED) is 0.757. The van der Waals surface area contributed by atoms with Crippen molar-refractivity contribution in [3.63, 3.8) is 0 Å². The molecule has 1 aliphatic heterocycles. The van der Waals surface area contributed by atoms with E-state index in [1.807, 2.05) is 12.1 Å². The van der Waals surface area contributed by atoms with E-state index in [9.17, 15) is 18.0 Å². The van der Waals surface area contributed by atoms with Crippen LogP contribution in [0.5, 0.6) is 0 Å². The molecule has 0 aliphatic carbocycles. The number of rotatable bonds is 1. The van der Waals surface area contributed by atoms with Gasteiger partial charge in [0, 0.05) is 12.5 Å². The number of nitrogens with zero attached hydrogens (tertiary/aromatic N) is 1. The first-order valence-electron chi connectivity index (χ1n) is 5.79. The molecule has 1 aromatic carbocycles. The van der Waals surface area contributed by atoms with Crippen molar-refractivity contribution >= 4 is 5.91 Å². The summed E-state index contributed by atoms with van der Waals surface area (Å²) < 4.78 is 37.4. The fourth-order valence-corrected chi connectivity index (χ4v) is 2.27. The molecule has 1 heterocycles. The summed E-state index contributed by atoms with van der Waals surface area (Å²) in [4.78, 5) is 12.8. The summed E-state index contributed by atoms with van der Waals surface area (Å²) in [6.07, 6.45) is -3.85. The molecule has 98 valence electrons. The van der Waals surface area contributed by atoms with Gasteiger partial charge < -0.3 is 4.90 Å². The maximum Gasteiger partial charge on any atom is 0.406 e. The Bertz CT molecular complexity index is 456. The van der Waals surface area contributed by atoms with Crippen LogP contribution >= 0.6 is 0 Å². The van der Waals surface area contributed by atoms with Gasteiger partial charge in [-0.15, -0.1) is 0 Å². The number of benzene rings is 1. The highest BCUT2D eigenvalue weighted by molar-refractivity contribution is 5.79. The Kier molecular flexibility index (Phi) is 3.32. The van der Waals surface area contributed by atoms with Crippen LogP contribution in [0.4, 0.5) is 13.2 Å². The third-order valence-corrected chi connectivity index (χ3v) is 3.11. The fourth-order valence-electron chi connectivity index (χ4n) is 2.27. The number of hydrogen-bond acceptors (Lipinski definition) is 1.